The van der Waals surface area contributed by atoms with Gasteiger partial charge in [0.1, 0.15) is 11.2 Å². The quantitative estimate of drug-likeness (QED) is 0.685. The molecule has 1 aliphatic heterocycles. The zero-order valence-corrected chi connectivity index (χ0v) is 14.9. The third kappa shape index (κ3) is 2.90. The van der Waals surface area contributed by atoms with Gasteiger partial charge in [-0.3, -0.25) is 14.2 Å². The number of anilines is 1. The van der Waals surface area contributed by atoms with Crippen LogP contribution in [0.4, 0.5) is 10.1 Å². The Labute approximate surface area is 153 Å². The van der Waals surface area contributed by atoms with Crippen LogP contribution >= 0.6 is 0 Å². The van der Waals surface area contributed by atoms with Gasteiger partial charge < -0.3 is 19.8 Å². The van der Waals surface area contributed by atoms with E-state index in [1.165, 1.54) is 7.11 Å². The van der Waals surface area contributed by atoms with E-state index in [2.05, 4.69) is 4.98 Å². The van der Waals surface area contributed by atoms with Crippen molar-refractivity contribution in [3.63, 3.8) is 0 Å². The molecule has 0 aromatic carbocycles. The summed E-state index contributed by atoms with van der Waals surface area (Å²) in [5.41, 5.74) is -0.251. The van der Waals surface area contributed by atoms with Gasteiger partial charge in [-0.05, 0) is 25.2 Å². The Morgan fingerprint density at radius 2 is 2.11 bits per heavy atom. The monoisotopic (exact) mass is 379 g/mol. The van der Waals surface area contributed by atoms with Crippen LogP contribution in [0.25, 0.3) is 5.52 Å². The van der Waals surface area contributed by atoms with Crippen molar-refractivity contribution in [3.05, 3.63) is 38.4 Å². The van der Waals surface area contributed by atoms with E-state index in [0.29, 0.717) is 30.6 Å². The fourth-order valence-corrected chi connectivity index (χ4v) is 4.01. The lowest BCUT2D eigenvalue weighted by atomic mass is 10.0. The molecule has 1 saturated heterocycles. The molecule has 2 unspecified atom stereocenters. The zero-order valence-electron chi connectivity index (χ0n) is 14.9. The number of aromatic amines is 1. The summed E-state index contributed by atoms with van der Waals surface area (Å²) in [6, 6.07) is 0. The zero-order chi connectivity index (χ0) is 19.3. The number of hydrogen-bond acceptors (Lipinski definition) is 6. The Balaban J connectivity index is 1.92. The number of pyridine rings is 1. The number of aliphatic hydroxyl groups excluding tert-OH is 2. The number of H-pyrrole nitrogens is 1. The maximum absolute atomic E-state index is 15.0. The van der Waals surface area contributed by atoms with Gasteiger partial charge in [0, 0.05) is 24.6 Å². The van der Waals surface area contributed by atoms with Gasteiger partial charge in [-0.25, -0.2) is 9.18 Å². The Hall–Kier alpha value is -2.39. The summed E-state index contributed by atoms with van der Waals surface area (Å²) in [5, 5.41) is 19.1. The molecule has 0 amide bonds. The molecule has 8 nitrogen and oxygen atoms in total. The van der Waals surface area contributed by atoms with E-state index in [1.807, 2.05) is 0 Å². The highest BCUT2D eigenvalue weighted by Crippen LogP contribution is 2.45. The molecule has 146 valence electrons. The van der Waals surface area contributed by atoms with Gasteiger partial charge in [0.05, 0.1) is 26.0 Å². The molecule has 1 aliphatic carbocycles. The van der Waals surface area contributed by atoms with Crippen LogP contribution in [0.15, 0.2) is 15.8 Å². The first-order valence-electron chi connectivity index (χ1n) is 9.05. The highest BCUT2D eigenvalue weighted by atomic mass is 19.1. The van der Waals surface area contributed by atoms with Crippen LogP contribution in [-0.2, 0) is 0 Å². The molecule has 9 heteroatoms. The van der Waals surface area contributed by atoms with Crippen molar-refractivity contribution >= 4 is 11.2 Å². The highest BCUT2D eigenvalue weighted by Gasteiger charge is 2.35. The van der Waals surface area contributed by atoms with Crippen LogP contribution in [0, 0.1) is 11.7 Å². The van der Waals surface area contributed by atoms with Crippen molar-refractivity contribution in [1.82, 2.24) is 9.38 Å². The van der Waals surface area contributed by atoms with Gasteiger partial charge in [0.25, 0.3) is 5.56 Å². The molecular weight excluding hydrogens is 357 g/mol. The van der Waals surface area contributed by atoms with Gasteiger partial charge in [0.2, 0.25) is 0 Å². The minimum Gasteiger partial charge on any atom is -0.492 e. The van der Waals surface area contributed by atoms with Gasteiger partial charge in [-0.1, -0.05) is 0 Å². The summed E-state index contributed by atoms with van der Waals surface area (Å²) in [6.45, 7) is 0.459. The molecule has 2 aromatic heterocycles. The second-order valence-corrected chi connectivity index (χ2v) is 7.27. The van der Waals surface area contributed by atoms with Crippen molar-refractivity contribution < 1.29 is 19.3 Å². The molecule has 3 N–H and O–H groups in total. The van der Waals surface area contributed by atoms with E-state index in [0.717, 1.165) is 23.4 Å². The number of aromatic nitrogens is 2. The van der Waals surface area contributed by atoms with E-state index in [4.69, 9.17) is 4.74 Å². The van der Waals surface area contributed by atoms with Gasteiger partial charge >= 0.3 is 5.69 Å². The summed E-state index contributed by atoms with van der Waals surface area (Å²) in [4.78, 5) is 28.6. The summed E-state index contributed by atoms with van der Waals surface area (Å²) < 4.78 is 21.6. The number of rotatable bonds is 5. The van der Waals surface area contributed by atoms with E-state index < -0.39 is 23.2 Å². The number of fused-ring (bicyclic) bond motifs is 1. The molecule has 2 atom stereocenters. The molecule has 0 bridgehead atoms. The van der Waals surface area contributed by atoms with Crippen LogP contribution in [0.2, 0.25) is 0 Å². The Morgan fingerprint density at radius 3 is 2.74 bits per heavy atom. The van der Waals surface area contributed by atoms with E-state index in [-0.39, 0.29) is 29.9 Å². The van der Waals surface area contributed by atoms with Crippen molar-refractivity contribution in [2.45, 2.75) is 31.3 Å². The van der Waals surface area contributed by atoms with Crippen molar-refractivity contribution in [3.8, 4) is 5.75 Å². The second kappa shape index (κ2) is 6.65. The van der Waals surface area contributed by atoms with Gasteiger partial charge in [0.15, 0.2) is 11.6 Å². The fraction of sp³-hybridized carbons (Fsp3) is 0.556. The SMILES string of the molecule is COc1c(N2CCC(C(O)CO)C2)c(F)cn2c(=O)[nH]c(=O)c(C3CC3)c12. The van der Waals surface area contributed by atoms with Crippen molar-refractivity contribution in [1.29, 1.82) is 0 Å². The Morgan fingerprint density at radius 1 is 1.37 bits per heavy atom. The predicted molar refractivity (Wildman–Crippen MR) is 96.2 cm³/mol. The Kier molecular flexibility index (Phi) is 4.43. The number of hydrogen-bond donors (Lipinski definition) is 3. The van der Waals surface area contributed by atoms with Gasteiger partial charge in [-0.2, -0.15) is 0 Å². The molecule has 0 radical (unpaired) electrons. The normalized spacial score (nSPS) is 21.0. The van der Waals surface area contributed by atoms with Crippen LogP contribution in [0.3, 0.4) is 0 Å². The number of aliphatic hydroxyl groups is 2. The minimum absolute atomic E-state index is 0.0269. The van der Waals surface area contributed by atoms with Gasteiger partial charge in [-0.15, -0.1) is 0 Å². The number of methoxy groups -OCH3 is 1. The van der Waals surface area contributed by atoms with Crippen LogP contribution < -0.4 is 20.9 Å². The average Bonchev–Trinajstić information content (AvgIpc) is 3.36. The molecule has 2 aliphatic rings. The number of nitrogens with one attached hydrogen (secondary N) is 1. The Bertz CT molecular complexity index is 997. The number of nitrogens with zero attached hydrogens (tertiary/aromatic N) is 2. The molecule has 1 saturated carbocycles. The topological polar surface area (TPSA) is 107 Å². The standard InChI is InChI=1S/C18H22FN3O5/c1-27-16-14(21-5-4-10(6-21)12(24)8-23)11(19)7-22-15(16)13(9-2-3-9)17(25)20-18(22)26/h7,9-10,12,23-24H,2-6,8H2,1H3,(H,20,25,26). The molecule has 4 rings (SSSR count). The molecule has 3 heterocycles. The fourth-order valence-electron chi connectivity index (χ4n) is 4.01. The smallest absolute Gasteiger partial charge is 0.333 e. The molecule has 27 heavy (non-hydrogen) atoms. The average molecular weight is 379 g/mol. The molecule has 2 fully saturated rings. The maximum atomic E-state index is 15.0. The van der Waals surface area contributed by atoms with Crippen LogP contribution in [-0.4, -0.2) is 52.5 Å². The minimum atomic E-state index is -0.878. The lowest BCUT2D eigenvalue weighted by Gasteiger charge is -2.24. The summed E-state index contributed by atoms with van der Waals surface area (Å²) in [7, 11) is 1.39. The van der Waals surface area contributed by atoms with E-state index in [9.17, 15) is 24.2 Å². The predicted octanol–water partition coefficient (Wildman–Crippen LogP) is 0.192. The number of halogens is 1. The van der Waals surface area contributed by atoms with Crippen LogP contribution in [0.1, 0.15) is 30.7 Å². The lowest BCUT2D eigenvalue weighted by molar-refractivity contribution is 0.0545. The third-order valence-corrected chi connectivity index (χ3v) is 5.54. The third-order valence-electron chi connectivity index (χ3n) is 5.54. The molecule has 0 spiro atoms. The molecule has 2 aromatic rings. The highest BCUT2D eigenvalue weighted by molar-refractivity contribution is 5.78. The maximum Gasteiger partial charge on any atom is 0.333 e. The largest absolute Gasteiger partial charge is 0.492 e. The van der Waals surface area contributed by atoms with E-state index in [1.54, 1.807) is 4.90 Å². The summed E-state index contributed by atoms with van der Waals surface area (Å²) in [5.74, 6) is -0.660. The van der Waals surface area contributed by atoms with Crippen LogP contribution in [0.5, 0.6) is 5.75 Å². The first kappa shape index (κ1) is 18.0. The van der Waals surface area contributed by atoms with E-state index >= 15 is 0 Å². The van der Waals surface area contributed by atoms with Crippen molar-refractivity contribution in [2.75, 3.05) is 31.7 Å². The summed E-state index contributed by atoms with van der Waals surface area (Å²) >= 11 is 0. The van der Waals surface area contributed by atoms with Crippen molar-refractivity contribution in [2.24, 2.45) is 5.92 Å². The first-order chi connectivity index (χ1) is 13.0. The molecular formula is C18H22FN3O5. The second-order valence-electron chi connectivity index (χ2n) is 7.27. The lowest BCUT2D eigenvalue weighted by Crippen LogP contribution is -2.31. The first-order valence-corrected chi connectivity index (χ1v) is 9.05. The number of ether oxygens (including phenoxy) is 1. The summed E-state index contributed by atoms with van der Waals surface area (Å²) in [6.07, 6.45) is 2.46.